The van der Waals surface area contributed by atoms with Crippen LogP contribution in [0.2, 0.25) is 0 Å². The second-order valence-corrected chi connectivity index (χ2v) is 7.32. The van der Waals surface area contributed by atoms with Gasteiger partial charge in [0.1, 0.15) is 17.3 Å². The van der Waals surface area contributed by atoms with Crippen LogP contribution >= 0.6 is 11.6 Å². The molecule has 0 radical (unpaired) electrons. The summed E-state index contributed by atoms with van der Waals surface area (Å²) in [6, 6.07) is 6.13. The van der Waals surface area contributed by atoms with E-state index in [2.05, 4.69) is 48.1 Å². The highest BCUT2D eigenvalue weighted by Gasteiger charge is 2.21. The molecule has 0 aliphatic heterocycles. The summed E-state index contributed by atoms with van der Waals surface area (Å²) in [4.78, 5) is 18.9. The Bertz CT molecular complexity index is 829. The number of anilines is 2. The molecule has 5 nitrogen and oxygen atoms in total. The lowest BCUT2D eigenvalue weighted by Gasteiger charge is -2.27. The first kappa shape index (κ1) is 22.0. The third-order valence-corrected chi connectivity index (χ3v) is 4.74. The van der Waals surface area contributed by atoms with Gasteiger partial charge in [-0.3, -0.25) is 4.79 Å². The van der Waals surface area contributed by atoms with Gasteiger partial charge in [0.25, 0.3) is 0 Å². The van der Waals surface area contributed by atoms with Gasteiger partial charge in [0.15, 0.2) is 0 Å². The number of nitrogens with one attached hydrogen (secondary N) is 1. The standard InChI is InChI=1S/C22H30ClN3O2/c1-7-9-26(8-2)18-12-17(6)24-22(20(18)25-19(27)13-23)28-21-15(4)10-14(3)11-16(21)5/h10-12H,7-9,13H2,1-6H3,(H,25,27). The van der Waals surface area contributed by atoms with Crippen LogP contribution in [0.1, 0.15) is 42.7 Å². The van der Waals surface area contributed by atoms with Crippen LogP contribution in [-0.2, 0) is 4.79 Å². The molecule has 0 atom stereocenters. The number of amides is 1. The molecule has 0 spiro atoms. The molecule has 6 heteroatoms. The number of carbonyl (C=O) groups excluding carboxylic acids is 1. The Morgan fingerprint density at radius 3 is 2.32 bits per heavy atom. The maximum absolute atomic E-state index is 12.1. The molecule has 1 aromatic heterocycles. The molecule has 2 aromatic rings. The van der Waals surface area contributed by atoms with Crippen LogP contribution in [0.15, 0.2) is 18.2 Å². The molecule has 0 aliphatic carbocycles. The molecule has 1 heterocycles. The zero-order valence-electron chi connectivity index (χ0n) is 17.6. The van der Waals surface area contributed by atoms with Crippen LogP contribution < -0.4 is 15.0 Å². The minimum absolute atomic E-state index is 0.130. The number of rotatable bonds is 8. The highest BCUT2D eigenvalue weighted by molar-refractivity contribution is 6.29. The van der Waals surface area contributed by atoms with Crippen molar-refractivity contribution in [1.82, 2.24) is 4.98 Å². The second kappa shape index (κ2) is 9.78. The van der Waals surface area contributed by atoms with E-state index in [0.717, 1.165) is 47.8 Å². The van der Waals surface area contributed by atoms with Crippen molar-refractivity contribution in [3.63, 3.8) is 0 Å². The summed E-state index contributed by atoms with van der Waals surface area (Å²) < 4.78 is 6.27. The van der Waals surface area contributed by atoms with Gasteiger partial charge >= 0.3 is 0 Å². The lowest BCUT2D eigenvalue weighted by molar-refractivity contribution is -0.113. The number of alkyl halides is 1. The maximum atomic E-state index is 12.1. The zero-order chi connectivity index (χ0) is 20.8. The van der Waals surface area contributed by atoms with Gasteiger partial charge in [0.05, 0.1) is 5.69 Å². The average molecular weight is 404 g/mol. The van der Waals surface area contributed by atoms with Gasteiger partial charge in [-0.15, -0.1) is 11.6 Å². The topological polar surface area (TPSA) is 54.5 Å². The molecular weight excluding hydrogens is 374 g/mol. The van der Waals surface area contributed by atoms with Crippen molar-refractivity contribution in [3.05, 3.63) is 40.6 Å². The number of aromatic nitrogens is 1. The summed E-state index contributed by atoms with van der Waals surface area (Å²) in [6.07, 6.45) is 0.991. The van der Waals surface area contributed by atoms with E-state index in [-0.39, 0.29) is 11.8 Å². The summed E-state index contributed by atoms with van der Waals surface area (Å²) in [5.74, 6) is 0.728. The van der Waals surface area contributed by atoms with Crippen LogP contribution in [0.5, 0.6) is 11.6 Å². The first-order chi connectivity index (χ1) is 13.3. The number of pyridine rings is 1. The van der Waals surface area contributed by atoms with Crippen LogP contribution in [0.3, 0.4) is 0 Å². The largest absolute Gasteiger partial charge is 0.436 e. The van der Waals surface area contributed by atoms with E-state index >= 15 is 0 Å². The lowest BCUT2D eigenvalue weighted by Crippen LogP contribution is -2.26. The van der Waals surface area contributed by atoms with Gasteiger partial charge in [-0.1, -0.05) is 24.6 Å². The predicted octanol–water partition coefficient (Wildman–Crippen LogP) is 5.52. The molecule has 1 amide bonds. The third kappa shape index (κ3) is 5.16. The number of hydrogen-bond acceptors (Lipinski definition) is 4. The summed E-state index contributed by atoms with van der Waals surface area (Å²) in [5, 5.41) is 2.90. The molecule has 2 rings (SSSR count). The lowest BCUT2D eigenvalue weighted by atomic mass is 10.1. The van der Waals surface area contributed by atoms with Gasteiger partial charge in [0, 0.05) is 18.8 Å². The third-order valence-electron chi connectivity index (χ3n) is 4.50. The van der Waals surface area contributed by atoms with Crippen molar-refractivity contribution in [2.45, 2.75) is 48.0 Å². The van der Waals surface area contributed by atoms with Crippen molar-refractivity contribution in [2.24, 2.45) is 0 Å². The van der Waals surface area contributed by atoms with E-state index in [1.807, 2.05) is 26.8 Å². The van der Waals surface area contributed by atoms with Gasteiger partial charge < -0.3 is 15.0 Å². The van der Waals surface area contributed by atoms with Gasteiger partial charge in [0.2, 0.25) is 11.8 Å². The van der Waals surface area contributed by atoms with Crippen molar-refractivity contribution in [1.29, 1.82) is 0 Å². The van der Waals surface area contributed by atoms with E-state index in [4.69, 9.17) is 16.3 Å². The summed E-state index contributed by atoms with van der Waals surface area (Å²) >= 11 is 5.75. The number of halogens is 1. The highest BCUT2D eigenvalue weighted by Crippen LogP contribution is 2.39. The van der Waals surface area contributed by atoms with E-state index in [0.29, 0.717) is 11.6 Å². The molecule has 1 aromatic carbocycles. The molecule has 1 N–H and O–H groups in total. The Morgan fingerprint density at radius 1 is 1.14 bits per heavy atom. The molecule has 0 fully saturated rings. The second-order valence-electron chi connectivity index (χ2n) is 7.05. The number of aryl methyl sites for hydroxylation is 4. The molecular formula is C22H30ClN3O2. The Balaban J connectivity index is 2.62. The van der Waals surface area contributed by atoms with Crippen molar-refractivity contribution in [3.8, 4) is 11.6 Å². The van der Waals surface area contributed by atoms with Gasteiger partial charge in [-0.2, -0.15) is 0 Å². The van der Waals surface area contributed by atoms with Gasteiger partial charge in [-0.25, -0.2) is 4.98 Å². The number of carbonyl (C=O) groups is 1. The fourth-order valence-corrected chi connectivity index (χ4v) is 3.45. The number of benzene rings is 1. The molecule has 0 unspecified atom stereocenters. The first-order valence-corrected chi connectivity index (χ1v) is 10.2. The SMILES string of the molecule is CCCN(CC)c1cc(C)nc(Oc2c(C)cc(C)cc2C)c1NC(=O)CCl. The van der Waals surface area contributed by atoms with E-state index in [1.165, 1.54) is 5.56 Å². The fraction of sp³-hybridized carbons (Fsp3) is 0.455. The number of ether oxygens (including phenoxy) is 1. The van der Waals surface area contributed by atoms with Crippen LogP contribution in [-0.4, -0.2) is 29.9 Å². The number of hydrogen-bond donors (Lipinski definition) is 1. The monoisotopic (exact) mass is 403 g/mol. The van der Waals surface area contributed by atoms with Crippen LogP contribution in [0.4, 0.5) is 11.4 Å². The Morgan fingerprint density at radius 2 is 1.79 bits per heavy atom. The quantitative estimate of drug-likeness (QED) is 0.589. The molecule has 0 bridgehead atoms. The summed E-state index contributed by atoms with van der Waals surface area (Å²) in [5.41, 5.74) is 5.51. The first-order valence-electron chi connectivity index (χ1n) is 9.68. The minimum atomic E-state index is -0.289. The highest BCUT2D eigenvalue weighted by atomic mass is 35.5. The number of nitrogens with zero attached hydrogens (tertiary/aromatic N) is 2. The normalized spacial score (nSPS) is 10.7. The minimum Gasteiger partial charge on any atom is -0.436 e. The summed E-state index contributed by atoms with van der Waals surface area (Å²) in [6.45, 7) is 13.9. The Labute approximate surface area is 173 Å². The Kier molecular flexibility index (Phi) is 7.69. The van der Waals surface area contributed by atoms with E-state index < -0.39 is 0 Å². The van der Waals surface area contributed by atoms with Crippen molar-refractivity contribution >= 4 is 28.9 Å². The van der Waals surface area contributed by atoms with Crippen molar-refractivity contribution in [2.75, 3.05) is 29.2 Å². The fourth-order valence-electron chi connectivity index (χ4n) is 3.38. The van der Waals surface area contributed by atoms with Crippen molar-refractivity contribution < 1.29 is 9.53 Å². The molecule has 152 valence electrons. The predicted molar refractivity (Wildman–Crippen MR) is 117 cm³/mol. The van der Waals surface area contributed by atoms with Crippen LogP contribution in [0, 0.1) is 27.7 Å². The smallest absolute Gasteiger partial charge is 0.245 e. The van der Waals surface area contributed by atoms with Crippen LogP contribution in [0.25, 0.3) is 0 Å². The molecule has 0 saturated heterocycles. The maximum Gasteiger partial charge on any atom is 0.245 e. The van der Waals surface area contributed by atoms with E-state index in [9.17, 15) is 4.79 Å². The molecule has 28 heavy (non-hydrogen) atoms. The van der Waals surface area contributed by atoms with E-state index in [1.54, 1.807) is 0 Å². The molecule has 0 aliphatic rings. The average Bonchev–Trinajstić information content (AvgIpc) is 2.64. The molecule has 0 saturated carbocycles. The summed E-state index contributed by atoms with van der Waals surface area (Å²) in [7, 11) is 0. The van der Waals surface area contributed by atoms with Gasteiger partial charge in [-0.05, 0) is 58.2 Å². The zero-order valence-corrected chi connectivity index (χ0v) is 18.4. The Hall–Kier alpha value is -2.27.